The van der Waals surface area contributed by atoms with E-state index < -0.39 is 5.41 Å². The molecular weight excluding hydrogens is 306 g/mol. The highest BCUT2D eigenvalue weighted by Gasteiger charge is 2.56. The second-order valence-electron chi connectivity index (χ2n) is 7.39. The number of nitrogens with zero attached hydrogens (tertiary/aromatic N) is 1. The third-order valence-corrected chi connectivity index (χ3v) is 6.25. The number of methoxy groups -OCH3 is 2. The van der Waals surface area contributed by atoms with Gasteiger partial charge in [-0.15, -0.1) is 0 Å². The molecule has 0 radical (unpaired) electrons. The standard InChI is InChI=1S/C19H25NO4/c1-18-8-5-9-19(2,17(21)24-4)16(18)11-15(20-22)13-10-12(23-3)6-7-14(13)18/h6-7,10,16,22H,5,8-9,11H2,1-4H3/b20-15-. The van der Waals surface area contributed by atoms with Crippen molar-refractivity contribution in [1.29, 1.82) is 0 Å². The Morgan fingerprint density at radius 2 is 2.04 bits per heavy atom. The number of ether oxygens (including phenoxy) is 2. The summed E-state index contributed by atoms with van der Waals surface area (Å²) in [5.74, 6) is 0.606. The highest BCUT2D eigenvalue weighted by molar-refractivity contribution is 6.04. The zero-order valence-corrected chi connectivity index (χ0v) is 14.8. The van der Waals surface area contributed by atoms with Gasteiger partial charge in [-0.3, -0.25) is 4.79 Å². The molecule has 2 aliphatic carbocycles. The molecule has 0 bridgehead atoms. The van der Waals surface area contributed by atoms with Crippen LogP contribution in [0.25, 0.3) is 0 Å². The van der Waals surface area contributed by atoms with Crippen molar-refractivity contribution in [2.75, 3.05) is 14.2 Å². The number of fused-ring (bicyclic) bond motifs is 3. The lowest BCUT2D eigenvalue weighted by atomic mass is 9.49. The van der Waals surface area contributed by atoms with Gasteiger partial charge in [-0.25, -0.2) is 0 Å². The molecule has 5 heteroatoms. The highest BCUT2D eigenvalue weighted by atomic mass is 16.5. The van der Waals surface area contributed by atoms with E-state index in [0.29, 0.717) is 12.1 Å². The third-order valence-electron chi connectivity index (χ3n) is 6.25. The van der Waals surface area contributed by atoms with Crippen LogP contribution in [-0.2, 0) is 14.9 Å². The number of carbonyl (C=O) groups excluding carboxylic acids is 1. The van der Waals surface area contributed by atoms with E-state index in [1.54, 1.807) is 7.11 Å². The molecule has 1 aromatic carbocycles. The summed E-state index contributed by atoms with van der Waals surface area (Å²) in [6, 6.07) is 5.91. The van der Waals surface area contributed by atoms with Crippen LogP contribution in [0.15, 0.2) is 23.4 Å². The number of esters is 1. The zero-order chi connectivity index (χ0) is 17.5. The summed E-state index contributed by atoms with van der Waals surface area (Å²) in [5, 5.41) is 13.1. The summed E-state index contributed by atoms with van der Waals surface area (Å²) in [5.41, 5.74) is 1.93. The minimum Gasteiger partial charge on any atom is -0.497 e. The van der Waals surface area contributed by atoms with Crippen LogP contribution in [-0.4, -0.2) is 31.1 Å². The minimum absolute atomic E-state index is 0.0398. The van der Waals surface area contributed by atoms with Gasteiger partial charge < -0.3 is 14.7 Å². The lowest BCUT2D eigenvalue weighted by Gasteiger charge is -2.53. The molecule has 0 aromatic heterocycles. The summed E-state index contributed by atoms with van der Waals surface area (Å²) in [6.45, 7) is 4.21. The van der Waals surface area contributed by atoms with E-state index in [0.717, 1.165) is 36.1 Å². The highest BCUT2D eigenvalue weighted by Crippen LogP contribution is 2.57. The molecular formula is C19H25NO4. The third kappa shape index (κ3) is 2.21. The van der Waals surface area contributed by atoms with E-state index in [1.807, 2.05) is 19.1 Å². The normalized spacial score (nSPS) is 33.5. The molecule has 3 rings (SSSR count). The number of hydrogen-bond donors (Lipinski definition) is 1. The fourth-order valence-electron chi connectivity index (χ4n) is 4.91. The first-order chi connectivity index (χ1) is 11.4. The number of oxime groups is 1. The van der Waals surface area contributed by atoms with Crippen molar-refractivity contribution in [3.8, 4) is 5.75 Å². The Balaban J connectivity index is 2.18. The van der Waals surface area contributed by atoms with Gasteiger partial charge in [0.05, 0.1) is 25.3 Å². The number of hydrogen-bond acceptors (Lipinski definition) is 5. The summed E-state index contributed by atoms with van der Waals surface area (Å²) >= 11 is 0. The van der Waals surface area contributed by atoms with Crippen molar-refractivity contribution >= 4 is 11.7 Å². The van der Waals surface area contributed by atoms with E-state index in [2.05, 4.69) is 18.1 Å². The Morgan fingerprint density at radius 1 is 1.29 bits per heavy atom. The Labute approximate surface area is 142 Å². The first-order valence-corrected chi connectivity index (χ1v) is 8.39. The first-order valence-electron chi connectivity index (χ1n) is 8.39. The first kappa shape index (κ1) is 16.8. The predicted octanol–water partition coefficient (Wildman–Crippen LogP) is 3.51. The minimum atomic E-state index is -0.574. The molecule has 1 N–H and O–H groups in total. The van der Waals surface area contributed by atoms with Crippen molar-refractivity contribution in [2.45, 2.75) is 44.9 Å². The van der Waals surface area contributed by atoms with Crippen LogP contribution in [0.2, 0.25) is 0 Å². The lowest BCUT2D eigenvalue weighted by molar-refractivity contribution is -0.160. The second-order valence-corrected chi connectivity index (χ2v) is 7.39. The largest absolute Gasteiger partial charge is 0.497 e. The topological polar surface area (TPSA) is 68.1 Å². The second kappa shape index (κ2) is 5.80. The van der Waals surface area contributed by atoms with Gasteiger partial charge in [0.2, 0.25) is 0 Å². The van der Waals surface area contributed by atoms with Crippen molar-refractivity contribution in [3.05, 3.63) is 29.3 Å². The van der Waals surface area contributed by atoms with Gasteiger partial charge in [0.25, 0.3) is 0 Å². The monoisotopic (exact) mass is 331 g/mol. The molecule has 3 atom stereocenters. The van der Waals surface area contributed by atoms with Gasteiger partial charge >= 0.3 is 5.97 Å². The number of rotatable bonds is 2. The van der Waals surface area contributed by atoms with E-state index in [1.165, 1.54) is 7.11 Å². The van der Waals surface area contributed by atoms with Gasteiger partial charge in [0.15, 0.2) is 0 Å². The molecule has 0 amide bonds. The van der Waals surface area contributed by atoms with Crippen LogP contribution in [0, 0.1) is 11.3 Å². The molecule has 1 aromatic rings. The molecule has 2 aliphatic rings. The zero-order valence-electron chi connectivity index (χ0n) is 14.8. The van der Waals surface area contributed by atoms with E-state index >= 15 is 0 Å². The van der Waals surface area contributed by atoms with Gasteiger partial charge in [0.1, 0.15) is 5.75 Å². The molecule has 0 heterocycles. The molecule has 130 valence electrons. The maximum atomic E-state index is 12.5. The van der Waals surface area contributed by atoms with Crippen LogP contribution in [0.5, 0.6) is 5.75 Å². The quantitative estimate of drug-likeness (QED) is 0.511. The Kier molecular flexibility index (Phi) is 4.06. The van der Waals surface area contributed by atoms with Gasteiger partial charge in [-0.05, 0) is 55.2 Å². The molecule has 5 nitrogen and oxygen atoms in total. The van der Waals surface area contributed by atoms with Crippen molar-refractivity contribution in [2.24, 2.45) is 16.5 Å². The smallest absolute Gasteiger partial charge is 0.311 e. The van der Waals surface area contributed by atoms with Crippen molar-refractivity contribution in [3.63, 3.8) is 0 Å². The lowest BCUT2D eigenvalue weighted by Crippen LogP contribution is -2.53. The SMILES string of the molecule is COC(=O)C1(C)CCCC2(C)c3ccc(OC)cc3/C(=N\O)CC12. The van der Waals surface area contributed by atoms with Crippen molar-refractivity contribution < 1.29 is 19.5 Å². The molecule has 0 spiro atoms. The summed E-state index contributed by atoms with van der Waals surface area (Å²) < 4.78 is 10.4. The average Bonchev–Trinajstić information content (AvgIpc) is 2.60. The summed E-state index contributed by atoms with van der Waals surface area (Å²) in [4.78, 5) is 12.5. The summed E-state index contributed by atoms with van der Waals surface area (Å²) in [6.07, 6.45) is 3.32. The summed E-state index contributed by atoms with van der Waals surface area (Å²) in [7, 11) is 3.07. The fraction of sp³-hybridized carbons (Fsp3) is 0.579. The molecule has 24 heavy (non-hydrogen) atoms. The van der Waals surface area contributed by atoms with Crippen LogP contribution >= 0.6 is 0 Å². The van der Waals surface area contributed by atoms with E-state index in [9.17, 15) is 10.0 Å². The maximum absolute atomic E-state index is 12.5. The van der Waals surface area contributed by atoms with Crippen LogP contribution in [0.4, 0.5) is 0 Å². The molecule has 3 unspecified atom stereocenters. The van der Waals surface area contributed by atoms with E-state index in [-0.39, 0.29) is 17.3 Å². The Bertz CT molecular complexity index is 699. The van der Waals surface area contributed by atoms with Crippen LogP contribution in [0.1, 0.15) is 50.7 Å². The van der Waals surface area contributed by atoms with Gasteiger partial charge in [-0.1, -0.05) is 24.6 Å². The number of benzene rings is 1. The van der Waals surface area contributed by atoms with Gasteiger partial charge in [-0.2, -0.15) is 0 Å². The van der Waals surface area contributed by atoms with Crippen molar-refractivity contribution in [1.82, 2.24) is 0 Å². The average molecular weight is 331 g/mol. The van der Waals surface area contributed by atoms with Crippen LogP contribution < -0.4 is 4.74 Å². The fourth-order valence-corrected chi connectivity index (χ4v) is 4.91. The maximum Gasteiger partial charge on any atom is 0.311 e. The molecule has 1 saturated carbocycles. The molecule has 0 saturated heterocycles. The van der Waals surface area contributed by atoms with E-state index in [4.69, 9.17) is 9.47 Å². The number of carbonyl (C=O) groups is 1. The Morgan fingerprint density at radius 3 is 2.67 bits per heavy atom. The van der Waals surface area contributed by atoms with Crippen LogP contribution in [0.3, 0.4) is 0 Å². The predicted molar refractivity (Wildman–Crippen MR) is 90.8 cm³/mol. The molecule has 1 fully saturated rings. The van der Waals surface area contributed by atoms with Gasteiger partial charge in [0, 0.05) is 5.56 Å². The molecule has 0 aliphatic heterocycles. The Hall–Kier alpha value is -2.04.